The van der Waals surface area contributed by atoms with Crippen LogP contribution >= 0.6 is 0 Å². The topological polar surface area (TPSA) is 9.23 Å². The number of rotatable bonds is 17. The molecule has 0 rings (SSSR count). The molecule has 0 radical (unpaired) electrons. The Hall–Kier alpha value is -0.300. The van der Waals surface area contributed by atoms with Crippen molar-refractivity contribution in [3.8, 4) is 0 Å². The van der Waals surface area contributed by atoms with Crippen molar-refractivity contribution in [2.45, 2.75) is 118 Å². The van der Waals surface area contributed by atoms with E-state index in [2.05, 4.69) is 39.8 Å². The lowest BCUT2D eigenvalue weighted by atomic mass is 9.99. The van der Waals surface area contributed by atoms with Crippen LogP contribution in [0.5, 0.6) is 0 Å². The molecule has 0 aliphatic rings. The highest BCUT2D eigenvalue weighted by Crippen LogP contribution is 2.14. The van der Waals surface area contributed by atoms with Gasteiger partial charge in [0.25, 0.3) is 0 Å². The zero-order valence-electron chi connectivity index (χ0n) is 17.4. The molecule has 0 unspecified atom stereocenters. The van der Waals surface area contributed by atoms with Crippen LogP contribution in [0.1, 0.15) is 118 Å². The number of ether oxygens (including phenoxy) is 1. The zero-order valence-corrected chi connectivity index (χ0v) is 17.4. The Bertz CT molecular complexity index is 262. The second kappa shape index (κ2) is 17.5. The second-order valence-electron chi connectivity index (χ2n) is 8.55. The zero-order chi connectivity index (χ0) is 17.9. The molecule has 1 heteroatoms. The van der Waals surface area contributed by atoms with Gasteiger partial charge in [-0.05, 0) is 37.5 Å². The summed E-state index contributed by atoms with van der Waals surface area (Å²) in [6.45, 7) is 10.8. The molecular weight excluding hydrogens is 292 g/mol. The summed E-state index contributed by atoms with van der Waals surface area (Å²) in [4.78, 5) is 0. The molecule has 0 aromatic rings. The lowest BCUT2D eigenvalue weighted by Gasteiger charge is -2.17. The normalized spacial score (nSPS) is 12.3. The highest BCUT2D eigenvalue weighted by molar-refractivity contribution is 4.81. The number of allylic oxidation sites excluding steroid dienone is 2. The predicted octanol–water partition coefficient (Wildman–Crippen LogP) is 8.09. The lowest BCUT2D eigenvalue weighted by Crippen LogP contribution is -2.14. The van der Waals surface area contributed by atoms with E-state index in [0.717, 1.165) is 13.2 Å². The van der Waals surface area contributed by atoms with E-state index >= 15 is 0 Å². The number of unbranched alkanes of at least 4 members (excludes halogenated alkanes) is 12. The third-order valence-electron chi connectivity index (χ3n) is 4.34. The number of hydrogen-bond donors (Lipinski definition) is 0. The van der Waals surface area contributed by atoms with Gasteiger partial charge in [0.15, 0.2) is 0 Å². The number of hydrogen-bond acceptors (Lipinski definition) is 1. The Morgan fingerprint density at radius 2 is 1.08 bits per heavy atom. The van der Waals surface area contributed by atoms with Crippen molar-refractivity contribution >= 4 is 0 Å². The lowest BCUT2D eigenvalue weighted by molar-refractivity contribution is 0.0686. The van der Waals surface area contributed by atoms with Gasteiger partial charge in [-0.15, -0.1) is 0 Å². The van der Waals surface area contributed by atoms with Gasteiger partial charge >= 0.3 is 0 Å². The largest absolute Gasteiger partial charge is 0.381 e. The van der Waals surface area contributed by atoms with Gasteiger partial charge in [0, 0.05) is 6.61 Å². The molecular formula is C23H46O. The molecule has 0 saturated heterocycles. The van der Waals surface area contributed by atoms with Gasteiger partial charge in [0.05, 0.1) is 6.61 Å². The molecule has 0 bridgehead atoms. The minimum Gasteiger partial charge on any atom is -0.381 e. The fraction of sp³-hybridized carbons (Fsp3) is 0.913. The molecule has 0 fully saturated rings. The van der Waals surface area contributed by atoms with Crippen LogP contribution in [-0.4, -0.2) is 13.2 Å². The van der Waals surface area contributed by atoms with Gasteiger partial charge < -0.3 is 4.74 Å². The molecule has 0 amide bonds. The summed E-state index contributed by atoms with van der Waals surface area (Å²) in [5.74, 6) is 0. The summed E-state index contributed by atoms with van der Waals surface area (Å²) in [7, 11) is 0. The third-order valence-corrected chi connectivity index (χ3v) is 4.34. The van der Waals surface area contributed by atoms with Crippen molar-refractivity contribution in [1.29, 1.82) is 0 Å². The van der Waals surface area contributed by atoms with Crippen LogP contribution < -0.4 is 0 Å². The van der Waals surface area contributed by atoms with Gasteiger partial charge in [0.2, 0.25) is 0 Å². The van der Waals surface area contributed by atoms with Crippen molar-refractivity contribution in [3.63, 3.8) is 0 Å². The van der Waals surface area contributed by atoms with Gasteiger partial charge in [0.1, 0.15) is 0 Å². The Morgan fingerprint density at radius 3 is 1.58 bits per heavy atom. The maximum Gasteiger partial charge on any atom is 0.0514 e. The summed E-state index contributed by atoms with van der Waals surface area (Å²) in [6, 6.07) is 0. The Morgan fingerprint density at radius 1 is 0.625 bits per heavy atom. The van der Waals surface area contributed by atoms with Gasteiger partial charge in [-0.2, -0.15) is 0 Å². The summed E-state index contributed by atoms with van der Waals surface area (Å²) >= 11 is 0. The van der Waals surface area contributed by atoms with E-state index in [4.69, 9.17) is 4.74 Å². The van der Waals surface area contributed by atoms with Gasteiger partial charge in [-0.25, -0.2) is 0 Å². The van der Waals surface area contributed by atoms with Crippen LogP contribution in [0.4, 0.5) is 0 Å². The predicted molar refractivity (Wildman–Crippen MR) is 110 cm³/mol. The first kappa shape index (κ1) is 23.7. The fourth-order valence-electron chi connectivity index (χ4n) is 2.83. The SMILES string of the molecule is CCCCCCCC/C=C/CCCCCCCCOCC(C)(C)C. The van der Waals surface area contributed by atoms with Gasteiger partial charge in [-0.1, -0.05) is 97.6 Å². The average molecular weight is 339 g/mol. The molecule has 0 aliphatic carbocycles. The molecule has 0 aromatic carbocycles. The smallest absolute Gasteiger partial charge is 0.0514 e. The molecule has 0 saturated carbocycles. The van der Waals surface area contributed by atoms with Crippen molar-refractivity contribution in [1.82, 2.24) is 0 Å². The minimum absolute atomic E-state index is 0.308. The first-order chi connectivity index (χ1) is 11.6. The monoisotopic (exact) mass is 338 g/mol. The second-order valence-corrected chi connectivity index (χ2v) is 8.55. The summed E-state index contributed by atoms with van der Waals surface area (Å²) in [6.07, 6.45) is 23.9. The molecule has 1 nitrogen and oxygen atoms in total. The molecule has 0 heterocycles. The van der Waals surface area contributed by atoms with Crippen LogP contribution in [0.25, 0.3) is 0 Å². The van der Waals surface area contributed by atoms with E-state index in [1.54, 1.807) is 0 Å². The fourth-order valence-corrected chi connectivity index (χ4v) is 2.83. The van der Waals surface area contributed by atoms with E-state index in [9.17, 15) is 0 Å². The van der Waals surface area contributed by atoms with Crippen molar-refractivity contribution in [2.75, 3.05) is 13.2 Å². The van der Waals surface area contributed by atoms with Crippen molar-refractivity contribution < 1.29 is 4.74 Å². The highest BCUT2D eigenvalue weighted by atomic mass is 16.5. The van der Waals surface area contributed by atoms with Crippen molar-refractivity contribution in [2.24, 2.45) is 5.41 Å². The third kappa shape index (κ3) is 21.7. The van der Waals surface area contributed by atoms with E-state index < -0.39 is 0 Å². The van der Waals surface area contributed by atoms with Crippen LogP contribution in [0.3, 0.4) is 0 Å². The van der Waals surface area contributed by atoms with E-state index in [0.29, 0.717) is 5.41 Å². The van der Waals surface area contributed by atoms with Crippen LogP contribution in [-0.2, 0) is 4.74 Å². The van der Waals surface area contributed by atoms with E-state index in [1.165, 1.54) is 89.9 Å². The molecule has 0 spiro atoms. The Balaban J connectivity index is 3.10. The van der Waals surface area contributed by atoms with Crippen LogP contribution in [0, 0.1) is 5.41 Å². The molecule has 144 valence electrons. The summed E-state index contributed by atoms with van der Waals surface area (Å²) in [5.41, 5.74) is 0.308. The van der Waals surface area contributed by atoms with E-state index in [1.807, 2.05) is 0 Å². The van der Waals surface area contributed by atoms with Crippen LogP contribution in [0.15, 0.2) is 12.2 Å². The molecule has 0 aromatic heterocycles. The maximum absolute atomic E-state index is 5.71. The summed E-state index contributed by atoms with van der Waals surface area (Å²) in [5, 5.41) is 0. The van der Waals surface area contributed by atoms with E-state index in [-0.39, 0.29) is 0 Å². The highest BCUT2D eigenvalue weighted by Gasteiger charge is 2.09. The standard InChI is InChI=1S/C23H46O/c1-5-6-7-8-9-10-11-12-13-14-15-16-17-18-19-20-21-24-22-23(2,3)4/h12-13H,5-11,14-22H2,1-4H3/b13-12+. The maximum atomic E-state index is 5.71. The Kier molecular flexibility index (Phi) is 17.3. The first-order valence-electron chi connectivity index (χ1n) is 10.8. The minimum atomic E-state index is 0.308. The molecule has 0 N–H and O–H groups in total. The van der Waals surface area contributed by atoms with Crippen LogP contribution in [0.2, 0.25) is 0 Å². The van der Waals surface area contributed by atoms with Gasteiger partial charge in [-0.3, -0.25) is 0 Å². The van der Waals surface area contributed by atoms with Crippen molar-refractivity contribution in [3.05, 3.63) is 12.2 Å². The average Bonchev–Trinajstić information content (AvgIpc) is 2.52. The quantitative estimate of drug-likeness (QED) is 0.192. The Labute approximate surface area is 153 Å². The summed E-state index contributed by atoms with van der Waals surface area (Å²) < 4.78 is 5.71. The molecule has 24 heavy (non-hydrogen) atoms. The first-order valence-corrected chi connectivity index (χ1v) is 10.8. The molecule has 0 aliphatic heterocycles. The molecule has 0 atom stereocenters.